The van der Waals surface area contributed by atoms with Crippen molar-refractivity contribution >= 4 is 28.8 Å². The van der Waals surface area contributed by atoms with E-state index in [0.29, 0.717) is 23.6 Å². The smallest absolute Gasteiger partial charge is 0.313 e. The van der Waals surface area contributed by atoms with Gasteiger partial charge in [0.1, 0.15) is 0 Å². The average molecular weight is 348 g/mol. The van der Waals surface area contributed by atoms with Gasteiger partial charge in [-0.3, -0.25) is 9.59 Å². The summed E-state index contributed by atoms with van der Waals surface area (Å²) in [7, 11) is 3.03. The number of amides is 2. The molecular weight excluding hydrogens is 328 g/mol. The van der Waals surface area contributed by atoms with Crippen LogP contribution in [0.4, 0.5) is 5.69 Å². The van der Waals surface area contributed by atoms with Gasteiger partial charge < -0.3 is 20.1 Å². The summed E-state index contributed by atoms with van der Waals surface area (Å²) in [6.45, 7) is 1.86. The van der Waals surface area contributed by atoms with Gasteiger partial charge in [-0.05, 0) is 30.5 Å². The standard InChI is InChI=1S/C17H20N2O4S/c1-11(9-13-5-4-8-24-13)18-16(20)17(21)19-12-6-7-14(22-2)15(10-12)23-3/h4-8,10-11H,9H2,1-3H3,(H,18,20)(H,19,21). The third-order valence-corrected chi connectivity index (χ3v) is 4.21. The van der Waals surface area contributed by atoms with E-state index in [1.54, 1.807) is 29.5 Å². The number of rotatable bonds is 6. The van der Waals surface area contributed by atoms with Crippen molar-refractivity contribution in [2.24, 2.45) is 0 Å². The van der Waals surface area contributed by atoms with Gasteiger partial charge >= 0.3 is 11.8 Å². The molecule has 1 unspecified atom stereocenters. The molecule has 0 fully saturated rings. The molecule has 7 heteroatoms. The predicted octanol–water partition coefficient (Wildman–Crippen LogP) is 2.45. The highest BCUT2D eigenvalue weighted by molar-refractivity contribution is 7.09. The summed E-state index contributed by atoms with van der Waals surface area (Å²) in [5.74, 6) is -0.375. The number of hydrogen-bond acceptors (Lipinski definition) is 5. The van der Waals surface area contributed by atoms with E-state index in [2.05, 4.69) is 10.6 Å². The first-order valence-electron chi connectivity index (χ1n) is 7.39. The van der Waals surface area contributed by atoms with Crippen molar-refractivity contribution in [3.05, 3.63) is 40.6 Å². The molecule has 0 aliphatic rings. The zero-order valence-electron chi connectivity index (χ0n) is 13.8. The van der Waals surface area contributed by atoms with E-state index in [9.17, 15) is 9.59 Å². The Hall–Kier alpha value is -2.54. The predicted molar refractivity (Wildman–Crippen MR) is 93.8 cm³/mol. The summed E-state index contributed by atoms with van der Waals surface area (Å²) < 4.78 is 10.3. The van der Waals surface area contributed by atoms with Gasteiger partial charge in [0.05, 0.1) is 14.2 Å². The molecule has 2 amide bonds. The van der Waals surface area contributed by atoms with Crippen molar-refractivity contribution in [3.8, 4) is 11.5 Å². The molecule has 6 nitrogen and oxygen atoms in total. The van der Waals surface area contributed by atoms with Crippen LogP contribution in [-0.2, 0) is 16.0 Å². The van der Waals surface area contributed by atoms with E-state index in [1.807, 2.05) is 24.4 Å². The van der Waals surface area contributed by atoms with E-state index in [0.717, 1.165) is 4.88 Å². The van der Waals surface area contributed by atoms with E-state index in [4.69, 9.17) is 9.47 Å². The molecule has 128 valence electrons. The van der Waals surface area contributed by atoms with Crippen LogP contribution in [0, 0.1) is 0 Å². The second kappa shape index (κ2) is 8.35. The van der Waals surface area contributed by atoms with Gasteiger partial charge in [0, 0.05) is 29.1 Å². The van der Waals surface area contributed by atoms with Crippen LogP contribution >= 0.6 is 11.3 Å². The fraction of sp³-hybridized carbons (Fsp3) is 0.294. The number of thiophene rings is 1. The minimum absolute atomic E-state index is 0.132. The normalized spacial score (nSPS) is 11.5. The first-order valence-corrected chi connectivity index (χ1v) is 8.27. The highest BCUT2D eigenvalue weighted by atomic mass is 32.1. The number of carbonyl (C=O) groups is 2. The molecule has 2 rings (SSSR count). The van der Waals surface area contributed by atoms with Gasteiger partial charge in [-0.1, -0.05) is 6.07 Å². The van der Waals surface area contributed by atoms with Crippen molar-refractivity contribution in [1.29, 1.82) is 0 Å². The lowest BCUT2D eigenvalue weighted by molar-refractivity contribution is -0.136. The largest absolute Gasteiger partial charge is 0.493 e. The lowest BCUT2D eigenvalue weighted by Gasteiger charge is -2.13. The van der Waals surface area contributed by atoms with Gasteiger partial charge in [0.15, 0.2) is 11.5 Å². The average Bonchev–Trinajstić information content (AvgIpc) is 3.07. The molecule has 0 aliphatic heterocycles. The van der Waals surface area contributed by atoms with Crippen LogP contribution in [0.15, 0.2) is 35.7 Å². The molecule has 0 bridgehead atoms. The van der Waals surface area contributed by atoms with Gasteiger partial charge in [-0.25, -0.2) is 0 Å². The third-order valence-electron chi connectivity index (χ3n) is 3.31. The van der Waals surface area contributed by atoms with Crippen LogP contribution in [0.25, 0.3) is 0 Å². The Bertz CT molecular complexity index is 701. The summed E-state index contributed by atoms with van der Waals surface area (Å²) >= 11 is 1.62. The van der Waals surface area contributed by atoms with Crippen molar-refractivity contribution in [2.75, 3.05) is 19.5 Å². The van der Waals surface area contributed by atoms with E-state index in [-0.39, 0.29) is 6.04 Å². The molecule has 0 spiro atoms. The first-order chi connectivity index (χ1) is 11.5. The van der Waals surface area contributed by atoms with Crippen molar-refractivity contribution in [3.63, 3.8) is 0 Å². The maximum atomic E-state index is 12.0. The number of benzene rings is 1. The van der Waals surface area contributed by atoms with Crippen LogP contribution in [0.3, 0.4) is 0 Å². The van der Waals surface area contributed by atoms with E-state index < -0.39 is 11.8 Å². The lowest BCUT2D eigenvalue weighted by Crippen LogP contribution is -2.41. The highest BCUT2D eigenvalue weighted by Gasteiger charge is 2.17. The van der Waals surface area contributed by atoms with Crippen molar-refractivity contribution < 1.29 is 19.1 Å². The number of carbonyl (C=O) groups excluding carboxylic acids is 2. The van der Waals surface area contributed by atoms with Crippen LogP contribution in [0.5, 0.6) is 11.5 Å². The molecule has 1 aromatic heterocycles. The molecule has 2 aromatic rings. The van der Waals surface area contributed by atoms with E-state index in [1.165, 1.54) is 14.2 Å². The topological polar surface area (TPSA) is 76.7 Å². The second-order valence-corrected chi connectivity index (χ2v) is 6.21. The quantitative estimate of drug-likeness (QED) is 0.786. The Labute approximate surface area is 144 Å². The summed E-state index contributed by atoms with van der Waals surface area (Å²) in [5.41, 5.74) is 0.457. The van der Waals surface area contributed by atoms with Gasteiger partial charge in [-0.2, -0.15) is 0 Å². The molecule has 1 aromatic carbocycles. The molecule has 1 heterocycles. The van der Waals surface area contributed by atoms with Gasteiger partial charge in [0.25, 0.3) is 0 Å². The minimum Gasteiger partial charge on any atom is -0.493 e. The van der Waals surface area contributed by atoms with Crippen LogP contribution in [-0.4, -0.2) is 32.1 Å². The lowest BCUT2D eigenvalue weighted by atomic mass is 10.2. The highest BCUT2D eigenvalue weighted by Crippen LogP contribution is 2.29. The molecule has 2 N–H and O–H groups in total. The Morgan fingerprint density at radius 3 is 2.50 bits per heavy atom. The molecular formula is C17H20N2O4S. The Balaban J connectivity index is 1.92. The summed E-state index contributed by atoms with van der Waals surface area (Å²) in [4.78, 5) is 25.2. The number of hydrogen-bond donors (Lipinski definition) is 2. The molecule has 0 aliphatic carbocycles. The van der Waals surface area contributed by atoms with Gasteiger partial charge in [0.2, 0.25) is 0 Å². The SMILES string of the molecule is COc1ccc(NC(=O)C(=O)NC(C)Cc2cccs2)cc1OC. The maximum Gasteiger partial charge on any atom is 0.313 e. The number of nitrogens with one attached hydrogen (secondary N) is 2. The zero-order valence-corrected chi connectivity index (χ0v) is 14.6. The van der Waals surface area contributed by atoms with E-state index >= 15 is 0 Å². The van der Waals surface area contributed by atoms with Crippen LogP contribution in [0.1, 0.15) is 11.8 Å². The van der Waals surface area contributed by atoms with Crippen molar-refractivity contribution in [2.45, 2.75) is 19.4 Å². The summed E-state index contributed by atoms with van der Waals surface area (Å²) in [5, 5.41) is 7.22. The Morgan fingerprint density at radius 2 is 1.88 bits per heavy atom. The van der Waals surface area contributed by atoms with Crippen LogP contribution < -0.4 is 20.1 Å². The number of methoxy groups -OCH3 is 2. The first kappa shape index (κ1) is 17.8. The molecule has 0 radical (unpaired) electrons. The molecule has 0 saturated heterocycles. The summed E-state index contributed by atoms with van der Waals surface area (Å²) in [6.07, 6.45) is 0.688. The second-order valence-electron chi connectivity index (χ2n) is 5.18. The molecule has 24 heavy (non-hydrogen) atoms. The maximum absolute atomic E-state index is 12.0. The Kier molecular flexibility index (Phi) is 6.20. The van der Waals surface area contributed by atoms with Gasteiger partial charge in [-0.15, -0.1) is 11.3 Å². The summed E-state index contributed by atoms with van der Waals surface area (Å²) in [6, 6.07) is 8.72. The fourth-order valence-electron chi connectivity index (χ4n) is 2.17. The molecule has 0 saturated carbocycles. The molecule has 1 atom stereocenters. The minimum atomic E-state index is -0.722. The monoisotopic (exact) mass is 348 g/mol. The van der Waals surface area contributed by atoms with Crippen molar-refractivity contribution in [1.82, 2.24) is 5.32 Å². The number of ether oxygens (including phenoxy) is 2. The Morgan fingerprint density at radius 1 is 1.12 bits per heavy atom. The number of anilines is 1. The van der Waals surface area contributed by atoms with Crippen LogP contribution in [0.2, 0.25) is 0 Å². The zero-order chi connectivity index (χ0) is 17.5. The fourth-order valence-corrected chi connectivity index (χ4v) is 3.01. The third kappa shape index (κ3) is 4.73.